The molecule has 1 aromatic heterocycles. The molecule has 4 amide bonds. The van der Waals surface area contributed by atoms with E-state index in [1.165, 1.54) is 26.3 Å². The molecule has 1 unspecified atom stereocenters. The van der Waals surface area contributed by atoms with E-state index in [4.69, 9.17) is 54.3 Å². The topological polar surface area (TPSA) is 273 Å². The zero-order valence-electron chi connectivity index (χ0n) is 51.6. The number of oxime groups is 1. The molecule has 4 heterocycles. The predicted molar refractivity (Wildman–Crippen MR) is 332 cm³/mol. The first kappa shape index (κ1) is 66.8. The van der Waals surface area contributed by atoms with Gasteiger partial charge in [-0.15, -0.1) is 11.3 Å². The number of benzene rings is 4. The van der Waals surface area contributed by atoms with Crippen LogP contribution in [0.5, 0.6) is 28.7 Å². The quantitative estimate of drug-likeness (QED) is 0.00938. The number of nitrogens with one attached hydrogen (secondary N) is 3. The van der Waals surface area contributed by atoms with Gasteiger partial charge in [0.1, 0.15) is 72.0 Å². The van der Waals surface area contributed by atoms with E-state index in [9.17, 15) is 33.3 Å². The first-order valence-corrected chi connectivity index (χ1v) is 31.3. The van der Waals surface area contributed by atoms with E-state index in [1.807, 2.05) is 48.5 Å². The van der Waals surface area contributed by atoms with Crippen molar-refractivity contribution in [2.24, 2.45) is 5.16 Å². The number of anilines is 1. The Morgan fingerprint density at radius 3 is 1.90 bits per heavy atom. The second-order valence-corrected chi connectivity index (χ2v) is 26.6. The summed E-state index contributed by atoms with van der Waals surface area (Å²) in [5.41, 5.74) is -1.43. The normalized spacial score (nSPS) is 17.3. The van der Waals surface area contributed by atoms with Crippen LogP contribution in [0.2, 0.25) is 5.02 Å². The summed E-state index contributed by atoms with van der Waals surface area (Å²) in [6, 6.07) is 23.3. The van der Waals surface area contributed by atoms with Gasteiger partial charge in [0.2, 0.25) is 11.0 Å². The second kappa shape index (κ2) is 28.6. The van der Waals surface area contributed by atoms with Crippen molar-refractivity contribution in [3.05, 3.63) is 135 Å². The molecule has 5 aromatic rings. The molecule has 3 atom stereocenters. The number of fused-ring (bicyclic) bond motifs is 1. The number of halogens is 1. The van der Waals surface area contributed by atoms with Gasteiger partial charge in [-0.3, -0.25) is 24.6 Å². The van der Waals surface area contributed by atoms with Crippen molar-refractivity contribution in [2.45, 2.75) is 116 Å². The predicted octanol–water partition coefficient (Wildman–Crippen LogP) is 8.62. The van der Waals surface area contributed by atoms with Crippen molar-refractivity contribution in [1.29, 1.82) is 0 Å². The summed E-state index contributed by atoms with van der Waals surface area (Å²) < 4.78 is 60.3. The van der Waals surface area contributed by atoms with Gasteiger partial charge in [-0.2, -0.15) is 0 Å². The monoisotopic (exact) mass is 1280 g/mol. The van der Waals surface area contributed by atoms with E-state index in [0.29, 0.717) is 58.3 Å². The van der Waals surface area contributed by atoms with Gasteiger partial charge < -0.3 is 62.4 Å². The second-order valence-electron chi connectivity index (χ2n) is 23.8. The molecule has 476 valence electrons. The highest BCUT2D eigenvalue weighted by atomic mass is 35.5. The Balaban J connectivity index is 1.03. The summed E-state index contributed by atoms with van der Waals surface area (Å²) in [7, 11) is 4.69. The van der Waals surface area contributed by atoms with Crippen LogP contribution in [0, 0.1) is 0 Å². The number of β-lactam (4-membered cyclic amide) rings is 1. The first-order valence-electron chi connectivity index (χ1n) is 28.6. The number of esters is 2. The van der Waals surface area contributed by atoms with Crippen molar-refractivity contribution in [3.63, 3.8) is 0 Å². The van der Waals surface area contributed by atoms with E-state index in [0.717, 1.165) is 40.2 Å². The van der Waals surface area contributed by atoms with Crippen LogP contribution < -0.4 is 39.6 Å². The maximum absolute atomic E-state index is 14.7. The van der Waals surface area contributed by atoms with Crippen LogP contribution in [0.25, 0.3) is 0 Å². The molecule has 89 heavy (non-hydrogen) atoms. The highest BCUT2D eigenvalue weighted by Gasteiger charge is 2.62. The van der Waals surface area contributed by atoms with Crippen LogP contribution >= 0.6 is 22.9 Å². The number of carbonyl (C=O) groups excluding carboxylic acids is 6. The maximum Gasteiger partial charge on any atom is 0.413 e. The average Bonchev–Trinajstić information content (AvgIpc) is 0.946. The summed E-state index contributed by atoms with van der Waals surface area (Å²) in [6.45, 7) is 14.8. The van der Waals surface area contributed by atoms with Crippen LogP contribution in [0.4, 0.5) is 9.93 Å². The summed E-state index contributed by atoms with van der Waals surface area (Å²) in [4.78, 5) is 95.2. The molecule has 23 nitrogen and oxygen atoms in total. The number of quaternary nitrogens is 1. The largest absolute Gasteiger partial charge is 0.614 e. The van der Waals surface area contributed by atoms with Crippen LogP contribution in [-0.4, -0.2) is 148 Å². The molecule has 3 aliphatic heterocycles. The maximum atomic E-state index is 14.7. The molecule has 0 radical (unpaired) electrons. The van der Waals surface area contributed by atoms with Crippen molar-refractivity contribution in [1.82, 2.24) is 20.5 Å². The lowest BCUT2D eigenvalue weighted by atomic mass is 10.0. The van der Waals surface area contributed by atoms with Gasteiger partial charge in [0.15, 0.2) is 28.4 Å². The number of likely N-dealkylation sites (tertiary alicyclic amines) is 1. The summed E-state index contributed by atoms with van der Waals surface area (Å²) in [5, 5.41) is 12.5. The molecular formula is C63H75ClN7O16S2+. The Hall–Kier alpha value is -8.10. The van der Waals surface area contributed by atoms with E-state index in [-0.39, 0.29) is 71.5 Å². The molecule has 0 spiro atoms. The molecule has 26 heteroatoms. The van der Waals surface area contributed by atoms with Crippen molar-refractivity contribution >= 4 is 80.7 Å². The van der Waals surface area contributed by atoms with Gasteiger partial charge in [-0.05, 0) is 132 Å². The van der Waals surface area contributed by atoms with Crippen molar-refractivity contribution in [2.75, 3.05) is 65.1 Å². The molecule has 0 aliphatic carbocycles. The Kier molecular flexibility index (Phi) is 21.5. The number of nitrogens with zero attached hydrogens (tertiary/aromatic N) is 4. The number of ether oxygens (including phenoxy) is 8. The molecular weight excluding hydrogens is 1210 g/mol. The van der Waals surface area contributed by atoms with Gasteiger partial charge >= 0.3 is 18.0 Å². The zero-order valence-corrected chi connectivity index (χ0v) is 54.0. The van der Waals surface area contributed by atoms with Crippen molar-refractivity contribution < 1.29 is 80.5 Å². The lowest BCUT2D eigenvalue weighted by Gasteiger charge is -2.49. The lowest BCUT2D eigenvalue weighted by molar-refractivity contribution is -0.911. The van der Waals surface area contributed by atoms with Gasteiger partial charge in [-0.25, -0.2) is 19.4 Å². The Morgan fingerprint density at radius 1 is 0.775 bits per heavy atom. The Labute approximate surface area is 529 Å². The van der Waals surface area contributed by atoms with Crippen LogP contribution in [0.15, 0.2) is 107 Å². The fourth-order valence-corrected chi connectivity index (χ4v) is 12.5. The number of hydrogen-bond acceptors (Lipinski definition) is 19. The van der Waals surface area contributed by atoms with Crippen LogP contribution in [-0.2, 0) is 69.2 Å². The SMILES string of the molecule is COc1ccc(COC(=O)C2=C(C[N+]3(CCNC(=O)c4ccc(OCc5ccc(OC)cc5)c(OCc5ccc(OC)cc5)c4Cl)CCCC3)C[S+]([O-])[C@@H]3[C@H](NC(=O)/C(=N\OC(C)(C)C(=O)OC(C)(C)C)c4csc(NC(=O)OC(C)(C)C)n4)C(=O)N23)cc1. The number of amides is 4. The third-order valence-corrected chi connectivity index (χ3v) is 17.1. The molecule has 3 aliphatic rings. The third-order valence-electron chi connectivity index (χ3n) is 14.4. The zero-order chi connectivity index (χ0) is 64.4. The van der Waals surface area contributed by atoms with Crippen molar-refractivity contribution in [3.8, 4) is 28.7 Å². The first-order chi connectivity index (χ1) is 42.2. The van der Waals surface area contributed by atoms with E-state index in [1.54, 1.807) is 92.2 Å². The minimum absolute atomic E-state index is 0.0143. The minimum atomic E-state index is -1.93. The molecule has 2 saturated heterocycles. The molecule has 3 N–H and O–H groups in total. The fraction of sp³-hybridized carbons (Fsp3) is 0.429. The highest BCUT2D eigenvalue weighted by Crippen LogP contribution is 2.41. The van der Waals surface area contributed by atoms with E-state index < -0.39 is 80.9 Å². The summed E-state index contributed by atoms with van der Waals surface area (Å²) >= 11 is 6.07. The number of hydrogen-bond donors (Lipinski definition) is 3. The molecule has 0 saturated carbocycles. The van der Waals surface area contributed by atoms with E-state index >= 15 is 0 Å². The van der Waals surface area contributed by atoms with Gasteiger partial charge in [0.05, 0.1) is 63.7 Å². The number of thiazole rings is 1. The number of carbonyl (C=O) groups is 6. The molecule has 8 rings (SSSR count). The lowest BCUT2D eigenvalue weighted by Crippen LogP contribution is -2.75. The molecule has 2 fully saturated rings. The minimum Gasteiger partial charge on any atom is -0.614 e. The number of rotatable bonds is 25. The number of aromatic nitrogens is 1. The van der Waals surface area contributed by atoms with Gasteiger partial charge in [-0.1, -0.05) is 53.2 Å². The Bertz CT molecular complexity index is 3450. The Morgan fingerprint density at radius 2 is 1.34 bits per heavy atom. The van der Waals surface area contributed by atoms with Gasteiger partial charge in [0.25, 0.3) is 17.7 Å². The van der Waals surface area contributed by atoms with E-state index in [2.05, 4.69) is 26.1 Å². The molecule has 0 bridgehead atoms. The van der Waals surface area contributed by atoms with Gasteiger partial charge in [0, 0.05) is 18.2 Å². The van der Waals surface area contributed by atoms with Crippen LogP contribution in [0.3, 0.4) is 0 Å². The third kappa shape index (κ3) is 17.2. The molecule has 4 aromatic carbocycles. The standard InChI is InChI=1S/C63H74ClN7O16S2/c1-61(2,3)85-58(76)63(7,8)87-69-49(46-36-88-59(66-46)68-60(77)86-62(4,5)6)54(73)67-50-55(74)70-51(57(75)84-35-40-18-24-44(81-11)25-19-40)41(37-89(78)56(50)70)32-71(29-12-13-30-71)31-28-65-53(72)45-26-27-47(82-33-38-14-20-42(79-9)21-15-38)52(48(45)64)83-34-39-16-22-43(80-10)23-17-39/h14-27,36,50,56H,12-13,28-35,37H2,1-11H3,(H2-,65,66,67,68,72,73,77)/p+1/b69-49-/t50-,56-,89?/m1/s1. The average molecular weight is 1290 g/mol. The smallest absolute Gasteiger partial charge is 0.413 e. The fourth-order valence-electron chi connectivity index (χ4n) is 9.84. The summed E-state index contributed by atoms with van der Waals surface area (Å²) in [6.07, 6.45) is 0.789. The highest BCUT2D eigenvalue weighted by molar-refractivity contribution is 7.92. The number of methoxy groups -OCH3 is 3. The van der Waals surface area contributed by atoms with Crippen LogP contribution in [0.1, 0.15) is 101 Å². The summed E-state index contributed by atoms with van der Waals surface area (Å²) in [5.74, 6) is -1.68.